The highest BCUT2D eigenvalue weighted by atomic mass is 35.5. The van der Waals surface area contributed by atoms with Gasteiger partial charge in [-0.15, -0.1) is 0 Å². The molecule has 0 spiro atoms. The topological polar surface area (TPSA) is 43.9 Å². The molecule has 5 heteroatoms. The van der Waals surface area contributed by atoms with Crippen LogP contribution in [-0.2, 0) is 0 Å². The summed E-state index contributed by atoms with van der Waals surface area (Å²) in [7, 11) is 0. The summed E-state index contributed by atoms with van der Waals surface area (Å²) >= 11 is 6.23. The van der Waals surface area contributed by atoms with E-state index in [2.05, 4.69) is 116 Å². The normalized spacial score (nSPS) is 12.0. The predicted molar refractivity (Wildman–Crippen MR) is 170 cm³/mol. The third-order valence-electron chi connectivity index (χ3n) is 7.88. The molecule has 0 unspecified atom stereocenters. The number of imidazole rings is 1. The molecule has 0 saturated heterocycles. The van der Waals surface area contributed by atoms with Gasteiger partial charge in [-0.3, -0.25) is 4.57 Å². The Morgan fingerprint density at radius 1 is 0.683 bits per heavy atom. The first-order valence-corrected chi connectivity index (χ1v) is 14.5. The number of nitrogens with zero attached hydrogens (tertiary/aromatic N) is 3. The number of fused-ring (bicyclic) bond motifs is 4. The van der Waals surface area contributed by atoms with Gasteiger partial charge in [0.15, 0.2) is 0 Å². The van der Waals surface area contributed by atoms with Crippen molar-refractivity contribution in [3.8, 4) is 28.2 Å². The van der Waals surface area contributed by atoms with E-state index in [0.29, 0.717) is 10.9 Å². The monoisotopic (exact) mass is 555 g/mol. The van der Waals surface area contributed by atoms with E-state index in [0.717, 1.165) is 38.8 Å². The average molecular weight is 556 g/mol. The molecule has 7 rings (SSSR count). The lowest BCUT2D eigenvalue weighted by Gasteiger charge is -2.24. The number of hydrogen-bond acceptors (Lipinski definition) is 3. The molecule has 3 aromatic heterocycles. The molecule has 4 nitrogen and oxygen atoms in total. The molecule has 0 bridgehead atoms. The van der Waals surface area contributed by atoms with E-state index in [-0.39, 0.29) is 11.8 Å². The number of halogens is 1. The Morgan fingerprint density at radius 2 is 1.39 bits per heavy atom. The smallest absolute Gasteiger partial charge is 0.228 e. The zero-order chi connectivity index (χ0) is 28.2. The van der Waals surface area contributed by atoms with E-state index in [4.69, 9.17) is 21.0 Å². The molecule has 7 aromatic rings. The highest BCUT2D eigenvalue weighted by Crippen LogP contribution is 2.42. The number of para-hydroxylation sites is 3. The standard InChI is InChI=1S/C36H30ClN3O/c1-21(2)28-19-24(23-11-6-5-7-12-23)20-29(22(3)4)33(28)40-31-16-9-8-15-30(31)38-35(40)27-14-10-13-25-26-17-18-32(37)39-36(26)41-34(25)27/h5-22H,1-4H3. The minimum absolute atomic E-state index is 0.286. The van der Waals surface area contributed by atoms with E-state index in [1.807, 2.05) is 12.1 Å². The Kier molecular flexibility index (Phi) is 6.17. The quantitative estimate of drug-likeness (QED) is 0.198. The molecule has 202 valence electrons. The van der Waals surface area contributed by atoms with Crippen molar-refractivity contribution in [2.24, 2.45) is 0 Å². The van der Waals surface area contributed by atoms with Gasteiger partial charge in [-0.1, -0.05) is 93.9 Å². The van der Waals surface area contributed by atoms with Gasteiger partial charge in [-0.2, -0.15) is 0 Å². The Hall–Kier alpha value is -4.41. The lowest BCUT2D eigenvalue weighted by atomic mass is 9.88. The Balaban J connectivity index is 1.59. The van der Waals surface area contributed by atoms with Gasteiger partial charge in [-0.05, 0) is 76.6 Å². The highest BCUT2D eigenvalue weighted by molar-refractivity contribution is 6.30. The van der Waals surface area contributed by atoms with Crippen LogP contribution in [0.4, 0.5) is 0 Å². The summed E-state index contributed by atoms with van der Waals surface area (Å²) in [5.41, 5.74) is 10.4. The zero-order valence-electron chi connectivity index (χ0n) is 23.5. The van der Waals surface area contributed by atoms with Crippen molar-refractivity contribution >= 4 is 44.7 Å². The van der Waals surface area contributed by atoms with Gasteiger partial charge in [0.1, 0.15) is 16.6 Å². The molecular weight excluding hydrogens is 526 g/mol. The van der Waals surface area contributed by atoms with Crippen LogP contribution in [0.5, 0.6) is 0 Å². The van der Waals surface area contributed by atoms with E-state index in [1.54, 1.807) is 6.07 Å². The molecule has 3 heterocycles. The summed E-state index contributed by atoms with van der Waals surface area (Å²) in [6, 6.07) is 33.7. The number of rotatable bonds is 5. The summed E-state index contributed by atoms with van der Waals surface area (Å²) in [5, 5.41) is 2.34. The molecule has 0 amide bonds. The molecular formula is C36H30ClN3O. The third kappa shape index (κ3) is 4.22. The summed E-state index contributed by atoms with van der Waals surface area (Å²) in [5.74, 6) is 1.42. The van der Waals surface area contributed by atoms with Gasteiger partial charge in [0.25, 0.3) is 0 Å². The fraction of sp³-hybridized carbons (Fsp3) is 0.167. The maximum Gasteiger partial charge on any atom is 0.228 e. The first-order chi connectivity index (χ1) is 19.9. The maximum absolute atomic E-state index is 6.39. The van der Waals surface area contributed by atoms with Crippen LogP contribution in [0.15, 0.2) is 101 Å². The van der Waals surface area contributed by atoms with Crippen LogP contribution in [0, 0.1) is 0 Å². The van der Waals surface area contributed by atoms with Crippen LogP contribution < -0.4 is 0 Å². The van der Waals surface area contributed by atoms with Crippen molar-refractivity contribution < 1.29 is 4.42 Å². The van der Waals surface area contributed by atoms with Gasteiger partial charge >= 0.3 is 0 Å². The van der Waals surface area contributed by atoms with Gasteiger partial charge in [0, 0.05) is 10.8 Å². The lowest BCUT2D eigenvalue weighted by molar-refractivity contribution is 0.654. The van der Waals surface area contributed by atoms with Crippen LogP contribution >= 0.6 is 11.6 Å². The molecule has 41 heavy (non-hydrogen) atoms. The van der Waals surface area contributed by atoms with Gasteiger partial charge in [-0.25, -0.2) is 9.97 Å². The summed E-state index contributed by atoms with van der Waals surface area (Å²) in [4.78, 5) is 9.69. The lowest BCUT2D eigenvalue weighted by Crippen LogP contribution is -2.09. The molecule has 0 fully saturated rings. The molecule has 0 aliphatic rings. The second-order valence-electron chi connectivity index (χ2n) is 11.2. The van der Waals surface area contributed by atoms with Crippen molar-refractivity contribution in [1.29, 1.82) is 0 Å². The van der Waals surface area contributed by atoms with Crippen molar-refractivity contribution in [1.82, 2.24) is 14.5 Å². The van der Waals surface area contributed by atoms with Crippen molar-refractivity contribution in [2.75, 3.05) is 0 Å². The number of aromatic nitrogens is 3. The largest absolute Gasteiger partial charge is 0.437 e. The van der Waals surface area contributed by atoms with E-state index in [1.165, 1.54) is 27.9 Å². The van der Waals surface area contributed by atoms with Crippen molar-refractivity contribution in [3.05, 3.63) is 113 Å². The Bertz CT molecular complexity index is 2040. The zero-order valence-corrected chi connectivity index (χ0v) is 24.3. The first-order valence-electron chi connectivity index (χ1n) is 14.1. The summed E-state index contributed by atoms with van der Waals surface area (Å²) in [6.45, 7) is 9.08. The Labute approximate surface area is 244 Å². The van der Waals surface area contributed by atoms with Crippen molar-refractivity contribution in [2.45, 2.75) is 39.5 Å². The van der Waals surface area contributed by atoms with Crippen LogP contribution in [-0.4, -0.2) is 14.5 Å². The SMILES string of the molecule is CC(C)c1cc(-c2ccccc2)cc(C(C)C)c1-n1c(-c2cccc3c2oc2nc(Cl)ccc23)nc2ccccc21. The molecule has 0 saturated carbocycles. The Morgan fingerprint density at radius 3 is 2.12 bits per heavy atom. The number of furan rings is 1. The molecule has 4 aromatic carbocycles. The second kappa shape index (κ2) is 9.90. The van der Waals surface area contributed by atoms with Gasteiger partial charge < -0.3 is 4.42 Å². The van der Waals surface area contributed by atoms with Crippen LogP contribution in [0.3, 0.4) is 0 Å². The second-order valence-corrected chi connectivity index (χ2v) is 11.6. The predicted octanol–water partition coefficient (Wildman–Crippen LogP) is 10.6. The first kappa shape index (κ1) is 25.6. The number of benzene rings is 4. The van der Waals surface area contributed by atoms with Crippen molar-refractivity contribution in [3.63, 3.8) is 0 Å². The van der Waals surface area contributed by atoms with Gasteiger partial charge in [0.05, 0.1) is 22.3 Å². The van der Waals surface area contributed by atoms with Crippen LogP contribution in [0.1, 0.15) is 50.7 Å². The van der Waals surface area contributed by atoms with Crippen LogP contribution in [0.2, 0.25) is 5.15 Å². The minimum Gasteiger partial charge on any atom is -0.437 e. The number of hydrogen-bond donors (Lipinski definition) is 0. The third-order valence-corrected chi connectivity index (χ3v) is 8.09. The molecule has 0 aliphatic heterocycles. The molecule has 0 aliphatic carbocycles. The van der Waals surface area contributed by atoms with E-state index < -0.39 is 0 Å². The average Bonchev–Trinajstić information content (AvgIpc) is 3.54. The van der Waals surface area contributed by atoms with Gasteiger partial charge in [0.2, 0.25) is 5.71 Å². The molecule has 0 atom stereocenters. The minimum atomic E-state index is 0.286. The highest BCUT2D eigenvalue weighted by Gasteiger charge is 2.25. The molecule has 0 radical (unpaired) electrons. The summed E-state index contributed by atoms with van der Waals surface area (Å²) < 4.78 is 8.73. The van der Waals surface area contributed by atoms with Crippen LogP contribution in [0.25, 0.3) is 61.3 Å². The number of pyridine rings is 1. The maximum atomic E-state index is 6.39. The van der Waals surface area contributed by atoms with E-state index >= 15 is 0 Å². The summed E-state index contributed by atoms with van der Waals surface area (Å²) in [6.07, 6.45) is 0. The fourth-order valence-electron chi connectivity index (χ4n) is 5.88. The van der Waals surface area contributed by atoms with E-state index in [9.17, 15) is 0 Å². The molecule has 0 N–H and O–H groups in total. The fourth-order valence-corrected chi connectivity index (χ4v) is 6.02.